The molecule has 2 aromatic carbocycles. The molecule has 2 atom stereocenters. The lowest BCUT2D eigenvalue weighted by molar-refractivity contribution is 0.177. The molecule has 0 radical (unpaired) electrons. The van der Waals surface area contributed by atoms with Crippen LogP contribution < -0.4 is 0 Å². The standard InChI is InChI=1S/C22H24F2N2/c1-14-12-21-22(15(2)25(14)3)18-6-4-5-7-20(18)26(21)11-10-16-8-9-17(23)13-19(16)24/h4-9,13-15H,10-12H2,1-3H3. The summed E-state index contributed by atoms with van der Waals surface area (Å²) in [5, 5.41) is 1.29. The quantitative estimate of drug-likeness (QED) is 0.635. The lowest BCUT2D eigenvalue weighted by Gasteiger charge is -2.36. The number of likely N-dealkylation sites (N-methyl/N-ethyl adjacent to an activating group) is 1. The normalized spacial score (nSPS) is 20.5. The molecule has 2 unspecified atom stereocenters. The Bertz CT molecular complexity index is 960. The molecule has 4 rings (SSSR count). The second kappa shape index (κ2) is 6.51. The van der Waals surface area contributed by atoms with Gasteiger partial charge in [-0.25, -0.2) is 8.78 Å². The van der Waals surface area contributed by atoms with Crippen molar-refractivity contribution in [3.8, 4) is 0 Å². The highest BCUT2D eigenvalue weighted by atomic mass is 19.1. The van der Waals surface area contributed by atoms with Crippen molar-refractivity contribution in [3.63, 3.8) is 0 Å². The van der Waals surface area contributed by atoms with Gasteiger partial charge in [-0.15, -0.1) is 0 Å². The van der Waals surface area contributed by atoms with E-state index in [-0.39, 0.29) is 0 Å². The number of benzene rings is 2. The number of para-hydroxylation sites is 1. The molecule has 0 amide bonds. The number of aryl methyl sites for hydroxylation is 2. The third kappa shape index (κ3) is 2.73. The SMILES string of the molecule is CC1Cc2c(c3ccccc3n2CCc2ccc(F)cc2F)C(C)N1C. The summed E-state index contributed by atoms with van der Waals surface area (Å²) in [4.78, 5) is 2.42. The van der Waals surface area contributed by atoms with Crippen LogP contribution in [0.5, 0.6) is 0 Å². The number of rotatable bonds is 3. The Labute approximate surface area is 153 Å². The summed E-state index contributed by atoms with van der Waals surface area (Å²) in [7, 11) is 2.18. The van der Waals surface area contributed by atoms with Crippen molar-refractivity contribution in [1.82, 2.24) is 9.47 Å². The maximum Gasteiger partial charge on any atom is 0.129 e. The fourth-order valence-corrected chi connectivity index (χ4v) is 4.29. The highest BCUT2D eigenvalue weighted by molar-refractivity contribution is 5.86. The van der Waals surface area contributed by atoms with E-state index in [0.29, 0.717) is 30.6 Å². The van der Waals surface area contributed by atoms with E-state index in [9.17, 15) is 8.78 Å². The van der Waals surface area contributed by atoms with E-state index in [0.717, 1.165) is 12.5 Å². The molecular formula is C22H24F2N2. The van der Waals surface area contributed by atoms with Gasteiger partial charge in [0.25, 0.3) is 0 Å². The molecular weight excluding hydrogens is 330 g/mol. The van der Waals surface area contributed by atoms with E-state index in [2.05, 4.69) is 54.6 Å². The Morgan fingerprint density at radius 3 is 2.62 bits per heavy atom. The van der Waals surface area contributed by atoms with Crippen LogP contribution in [0.25, 0.3) is 10.9 Å². The van der Waals surface area contributed by atoms with Gasteiger partial charge in [-0.2, -0.15) is 0 Å². The van der Waals surface area contributed by atoms with Crippen LogP contribution in [-0.4, -0.2) is 22.6 Å². The highest BCUT2D eigenvalue weighted by Gasteiger charge is 2.31. The summed E-state index contributed by atoms with van der Waals surface area (Å²) in [5.41, 5.74) is 4.51. The zero-order valence-corrected chi connectivity index (χ0v) is 15.5. The number of fused-ring (bicyclic) bond motifs is 3. The number of hydrogen-bond donors (Lipinski definition) is 0. The number of aromatic nitrogens is 1. The molecule has 0 saturated carbocycles. The van der Waals surface area contributed by atoms with Gasteiger partial charge in [-0.05, 0) is 50.6 Å². The first-order valence-electron chi connectivity index (χ1n) is 9.23. The minimum absolute atomic E-state index is 0.349. The summed E-state index contributed by atoms with van der Waals surface area (Å²) >= 11 is 0. The smallest absolute Gasteiger partial charge is 0.129 e. The van der Waals surface area contributed by atoms with Gasteiger partial charge in [0, 0.05) is 47.7 Å². The van der Waals surface area contributed by atoms with Crippen LogP contribution in [-0.2, 0) is 19.4 Å². The molecule has 2 nitrogen and oxygen atoms in total. The third-order valence-corrected chi connectivity index (χ3v) is 5.95. The van der Waals surface area contributed by atoms with Crippen molar-refractivity contribution in [2.24, 2.45) is 0 Å². The fourth-order valence-electron chi connectivity index (χ4n) is 4.29. The molecule has 0 saturated heterocycles. The molecule has 0 spiro atoms. The second-order valence-corrected chi connectivity index (χ2v) is 7.41. The highest BCUT2D eigenvalue weighted by Crippen LogP contribution is 2.39. The van der Waals surface area contributed by atoms with Gasteiger partial charge in [0.05, 0.1) is 0 Å². The molecule has 1 aliphatic rings. The Hall–Kier alpha value is -2.20. The number of hydrogen-bond acceptors (Lipinski definition) is 1. The molecule has 136 valence electrons. The molecule has 1 aromatic heterocycles. The predicted molar refractivity (Wildman–Crippen MR) is 101 cm³/mol. The lowest BCUT2D eigenvalue weighted by atomic mass is 9.93. The van der Waals surface area contributed by atoms with Crippen LogP contribution in [0.1, 0.15) is 36.7 Å². The average molecular weight is 354 g/mol. The summed E-state index contributed by atoms with van der Waals surface area (Å²) in [6, 6.07) is 13.1. The van der Waals surface area contributed by atoms with Gasteiger partial charge in [0.2, 0.25) is 0 Å². The van der Waals surface area contributed by atoms with Crippen LogP contribution in [0.3, 0.4) is 0 Å². The Morgan fingerprint density at radius 2 is 1.85 bits per heavy atom. The number of nitrogens with zero attached hydrogens (tertiary/aromatic N) is 2. The maximum atomic E-state index is 14.1. The van der Waals surface area contributed by atoms with Crippen molar-refractivity contribution in [2.45, 2.75) is 45.3 Å². The Balaban J connectivity index is 1.77. The largest absolute Gasteiger partial charge is 0.344 e. The van der Waals surface area contributed by atoms with E-state index in [4.69, 9.17) is 0 Å². The first-order valence-corrected chi connectivity index (χ1v) is 9.23. The van der Waals surface area contributed by atoms with Gasteiger partial charge < -0.3 is 4.57 Å². The van der Waals surface area contributed by atoms with Crippen LogP contribution in [0.2, 0.25) is 0 Å². The molecule has 0 bridgehead atoms. The van der Waals surface area contributed by atoms with E-state index < -0.39 is 11.6 Å². The van der Waals surface area contributed by atoms with E-state index >= 15 is 0 Å². The van der Waals surface area contributed by atoms with Gasteiger partial charge in [-0.3, -0.25) is 4.90 Å². The van der Waals surface area contributed by atoms with E-state index in [1.165, 1.54) is 28.2 Å². The molecule has 0 fully saturated rings. The molecule has 0 aliphatic carbocycles. The minimum atomic E-state index is -0.527. The summed E-state index contributed by atoms with van der Waals surface area (Å²) < 4.78 is 29.6. The van der Waals surface area contributed by atoms with Crippen LogP contribution in [0, 0.1) is 11.6 Å². The van der Waals surface area contributed by atoms with Crippen LogP contribution in [0.4, 0.5) is 8.78 Å². The van der Waals surface area contributed by atoms with Crippen molar-refractivity contribution >= 4 is 10.9 Å². The summed E-state index contributed by atoms with van der Waals surface area (Å²) in [5.74, 6) is -0.988. The second-order valence-electron chi connectivity index (χ2n) is 7.41. The monoisotopic (exact) mass is 354 g/mol. The van der Waals surface area contributed by atoms with E-state index in [1.807, 2.05) is 0 Å². The van der Waals surface area contributed by atoms with Crippen molar-refractivity contribution in [2.75, 3.05) is 7.05 Å². The van der Waals surface area contributed by atoms with E-state index in [1.54, 1.807) is 6.07 Å². The van der Waals surface area contributed by atoms with Crippen LogP contribution in [0.15, 0.2) is 42.5 Å². The van der Waals surface area contributed by atoms with Crippen molar-refractivity contribution in [3.05, 3.63) is 70.9 Å². The third-order valence-electron chi connectivity index (χ3n) is 5.95. The average Bonchev–Trinajstić information content (AvgIpc) is 2.92. The van der Waals surface area contributed by atoms with Crippen LogP contribution >= 0.6 is 0 Å². The van der Waals surface area contributed by atoms with Gasteiger partial charge in [0.1, 0.15) is 11.6 Å². The summed E-state index contributed by atoms with van der Waals surface area (Å²) in [6.07, 6.45) is 1.53. The van der Waals surface area contributed by atoms with Gasteiger partial charge in [-0.1, -0.05) is 24.3 Å². The zero-order valence-electron chi connectivity index (χ0n) is 15.5. The number of halogens is 2. The first kappa shape index (κ1) is 17.2. The zero-order chi connectivity index (χ0) is 18.4. The van der Waals surface area contributed by atoms with Gasteiger partial charge >= 0.3 is 0 Å². The molecule has 4 heteroatoms. The maximum absolute atomic E-state index is 14.1. The molecule has 2 heterocycles. The fraction of sp³-hybridized carbons (Fsp3) is 0.364. The Morgan fingerprint density at radius 1 is 1.08 bits per heavy atom. The topological polar surface area (TPSA) is 8.17 Å². The lowest BCUT2D eigenvalue weighted by Crippen LogP contribution is -2.38. The Kier molecular flexibility index (Phi) is 4.31. The van der Waals surface area contributed by atoms with Crippen molar-refractivity contribution < 1.29 is 8.78 Å². The molecule has 3 aromatic rings. The summed E-state index contributed by atoms with van der Waals surface area (Å²) in [6.45, 7) is 5.20. The van der Waals surface area contributed by atoms with Gasteiger partial charge in [0.15, 0.2) is 0 Å². The van der Waals surface area contributed by atoms with Crippen molar-refractivity contribution in [1.29, 1.82) is 0 Å². The molecule has 26 heavy (non-hydrogen) atoms. The molecule has 1 aliphatic heterocycles. The predicted octanol–water partition coefficient (Wildman–Crippen LogP) is 5.10. The first-order chi connectivity index (χ1) is 12.5. The molecule has 0 N–H and O–H groups in total. The minimum Gasteiger partial charge on any atom is -0.344 e.